The molecule has 0 aromatic heterocycles. The number of hydrogen-bond donors (Lipinski definition) is 1. The number of rotatable bonds is 4. The minimum Gasteiger partial charge on any atom is -0.497 e. The molecule has 1 N–H and O–H groups in total. The molecule has 1 aliphatic carbocycles. The number of fused-ring (bicyclic) bond motifs is 3. The number of allylic oxidation sites excluding steroid dienone is 2. The van der Waals surface area contributed by atoms with E-state index in [0.717, 1.165) is 34.7 Å². The summed E-state index contributed by atoms with van der Waals surface area (Å²) in [7, 11) is 3.29. The van der Waals surface area contributed by atoms with Crippen LogP contribution in [0.4, 0.5) is 11.4 Å². The van der Waals surface area contributed by atoms with Crippen LogP contribution in [0.5, 0.6) is 11.5 Å². The van der Waals surface area contributed by atoms with Gasteiger partial charge in [0.05, 0.1) is 25.2 Å². The first-order chi connectivity index (χ1) is 12.6. The van der Waals surface area contributed by atoms with Gasteiger partial charge in [0, 0.05) is 35.4 Å². The number of anilines is 1. The zero-order valence-corrected chi connectivity index (χ0v) is 14.6. The van der Waals surface area contributed by atoms with Crippen molar-refractivity contribution in [1.82, 2.24) is 0 Å². The molecule has 0 amide bonds. The Morgan fingerprint density at radius 1 is 1.12 bits per heavy atom. The standard InChI is InChI=1S/C20H20N2O4/c1-25-13-7-8-16(19(11-13)26-2)20-15-5-3-4-14(15)17-10-12(22(23)24)6-9-18(17)21-20/h3-4,6-11,14-15,20-21H,5H2,1-2H3/t14-,15+,20-/m1/s1. The third kappa shape index (κ3) is 2.58. The number of hydrogen-bond acceptors (Lipinski definition) is 5. The number of nitrogens with zero attached hydrogens (tertiary/aromatic N) is 1. The Morgan fingerprint density at radius 2 is 1.96 bits per heavy atom. The molecule has 1 aliphatic heterocycles. The number of nitro benzene ring substituents is 1. The van der Waals surface area contributed by atoms with E-state index in [1.165, 1.54) is 0 Å². The molecule has 0 fully saturated rings. The minimum atomic E-state index is -0.341. The zero-order valence-electron chi connectivity index (χ0n) is 14.6. The van der Waals surface area contributed by atoms with Crippen LogP contribution in [0.1, 0.15) is 29.5 Å². The van der Waals surface area contributed by atoms with Crippen LogP contribution in [-0.2, 0) is 0 Å². The van der Waals surface area contributed by atoms with Crippen LogP contribution in [0.2, 0.25) is 0 Å². The summed E-state index contributed by atoms with van der Waals surface area (Å²) in [5, 5.41) is 14.7. The van der Waals surface area contributed by atoms with Gasteiger partial charge in [0.25, 0.3) is 5.69 Å². The van der Waals surface area contributed by atoms with E-state index in [-0.39, 0.29) is 28.5 Å². The monoisotopic (exact) mass is 352 g/mol. The first-order valence-electron chi connectivity index (χ1n) is 8.56. The van der Waals surface area contributed by atoms with Crippen LogP contribution < -0.4 is 14.8 Å². The Balaban J connectivity index is 1.78. The summed E-state index contributed by atoms with van der Waals surface area (Å²) in [6.07, 6.45) is 5.24. The molecule has 2 aliphatic rings. The molecule has 6 nitrogen and oxygen atoms in total. The lowest BCUT2D eigenvalue weighted by Gasteiger charge is -2.37. The van der Waals surface area contributed by atoms with E-state index in [9.17, 15) is 10.1 Å². The molecule has 4 rings (SSSR count). The van der Waals surface area contributed by atoms with Crippen molar-refractivity contribution in [3.05, 3.63) is 69.8 Å². The van der Waals surface area contributed by atoms with E-state index in [1.807, 2.05) is 18.2 Å². The van der Waals surface area contributed by atoms with Crippen LogP contribution >= 0.6 is 0 Å². The molecule has 3 atom stereocenters. The molecule has 2 aromatic rings. The third-order valence-electron chi connectivity index (χ3n) is 5.33. The smallest absolute Gasteiger partial charge is 0.269 e. The Labute approximate surface area is 151 Å². The lowest BCUT2D eigenvalue weighted by atomic mass is 9.76. The molecule has 26 heavy (non-hydrogen) atoms. The van der Waals surface area contributed by atoms with Gasteiger partial charge >= 0.3 is 0 Å². The van der Waals surface area contributed by atoms with E-state index in [2.05, 4.69) is 17.5 Å². The van der Waals surface area contributed by atoms with Gasteiger partial charge < -0.3 is 14.8 Å². The zero-order chi connectivity index (χ0) is 18.3. The fourth-order valence-electron chi connectivity index (χ4n) is 4.08. The van der Waals surface area contributed by atoms with Gasteiger partial charge in [-0.25, -0.2) is 0 Å². The summed E-state index contributed by atoms with van der Waals surface area (Å²) in [5.74, 6) is 1.96. The molecular weight excluding hydrogens is 332 g/mol. The fraction of sp³-hybridized carbons (Fsp3) is 0.300. The second kappa shape index (κ2) is 6.37. The van der Waals surface area contributed by atoms with Gasteiger partial charge in [-0.2, -0.15) is 0 Å². The number of non-ortho nitro benzene ring substituents is 1. The van der Waals surface area contributed by atoms with Crippen molar-refractivity contribution in [1.29, 1.82) is 0 Å². The van der Waals surface area contributed by atoms with Gasteiger partial charge in [-0.05, 0) is 36.1 Å². The van der Waals surface area contributed by atoms with E-state index in [1.54, 1.807) is 32.4 Å². The van der Waals surface area contributed by atoms with Crippen molar-refractivity contribution in [2.75, 3.05) is 19.5 Å². The quantitative estimate of drug-likeness (QED) is 0.500. The van der Waals surface area contributed by atoms with Crippen molar-refractivity contribution in [3.63, 3.8) is 0 Å². The van der Waals surface area contributed by atoms with Crippen molar-refractivity contribution >= 4 is 11.4 Å². The number of nitro groups is 1. The first kappa shape index (κ1) is 16.4. The maximum atomic E-state index is 11.1. The number of ether oxygens (including phenoxy) is 2. The Hall–Kier alpha value is -3.02. The Kier molecular flexibility index (Phi) is 4.03. The van der Waals surface area contributed by atoms with Crippen LogP contribution in [0, 0.1) is 16.0 Å². The second-order valence-electron chi connectivity index (χ2n) is 6.61. The summed E-state index contributed by atoms with van der Waals surface area (Å²) in [6, 6.07) is 11.0. The molecule has 0 bridgehead atoms. The first-order valence-corrected chi connectivity index (χ1v) is 8.56. The van der Waals surface area contributed by atoms with Gasteiger partial charge in [0.15, 0.2) is 0 Å². The van der Waals surface area contributed by atoms with Crippen molar-refractivity contribution in [3.8, 4) is 11.5 Å². The molecule has 0 saturated heterocycles. The molecule has 0 spiro atoms. The summed E-state index contributed by atoms with van der Waals surface area (Å²) in [4.78, 5) is 10.8. The molecule has 1 heterocycles. The summed E-state index contributed by atoms with van der Waals surface area (Å²) < 4.78 is 10.9. The summed E-state index contributed by atoms with van der Waals surface area (Å²) >= 11 is 0. The highest BCUT2D eigenvalue weighted by Crippen LogP contribution is 2.51. The predicted molar refractivity (Wildman–Crippen MR) is 99.0 cm³/mol. The lowest BCUT2D eigenvalue weighted by Crippen LogP contribution is -2.29. The molecule has 0 radical (unpaired) electrons. The van der Waals surface area contributed by atoms with Gasteiger partial charge in [-0.1, -0.05) is 12.2 Å². The average Bonchev–Trinajstić information content (AvgIpc) is 3.16. The predicted octanol–water partition coefficient (Wildman–Crippen LogP) is 4.44. The maximum Gasteiger partial charge on any atom is 0.269 e. The van der Waals surface area contributed by atoms with Crippen LogP contribution in [0.15, 0.2) is 48.6 Å². The number of methoxy groups -OCH3 is 2. The van der Waals surface area contributed by atoms with Crippen LogP contribution in [-0.4, -0.2) is 19.1 Å². The van der Waals surface area contributed by atoms with E-state index >= 15 is 0 Å². The molecule has 134 valence electrons. The summed E-state index contributed by atoms with van der Waals surface area (Å²) in [6.45, 7) is 0. The van der Waals surface area contributed by atoms with Crippen LogP contribution in [0.25, 0.3) is 0 Å². The minimum absolute atomic E-state index is 0.0600. The largest absolute Gasteiger partial charge is 0.497 e. The summed E-state index contributed by atoms with van der Waals surface area (Å²) in [5.41, 5.74) is 3.12. The Bertz CT molecular complexity index is 893. The highest BCUT2D eigenvalue weighted by atomic mass is 16.6. The molecule has 0 saturated carbocycles. The van der Waals surface area contributed by atoms with Crippen molar-refractivity contribution in [2.24, 2.45) is 5.92 Å². The molecule has 0 unspecified atom stereocenters. The van der Waals surface area contributed by atoms with Gasteiger partial charge in [0.2, 0.25) is 0 Å². The SMILES string of the molecule is COc1ccc([C@@H]2Nc3ccc([N+](=O)[O-])cc3[C@@H]3C=CC[C@@H]32)c(OC)c1. The normalized spacial score (nSPS) is 22.9. The molecular formula is C20H20N2O4. The molecule has 2 aromatic carbocycles. The van der Waals surface area contributed by atoms with Gasteiger partial charge in [0.1, 0.15) is 11.5 Å². The highest BCUT2D eigenvalue weighted by molar-refractivity contribution is 5.63. The van der Waals surface area contributed by atoms with Crippen LogP contribution in [0.3, 0.4) is 0 Å². The lowest BCUT2D eigenvalue weighted by molar-refractivity contribution is -0.384. The highest BCUT2D eigenvalue weighted by Gasteiger charge is 2.39. The second-order valence-corrected chi connectivity index (χ2v) is 6.61. The van der Waals surface area contributed by atoms with Crippen molar-refractivity contribution < 1.29 is 14.4 Å². The molecule has 6 heteroatoms. The third-order valence-corrected chi connectivity index (χ3v) is 5.33. The number of nitrogens with one attached hydrogen (secondary N) is 1. The fourth-order valence-corrected chi connectivity index (χ4v) is 4.08. The maximum absolute atomic E-state index is 11.1. The van der Waals surface area contributed by atoms with E-state index < -0.39 is 0 Å². The average molecular weight is 352 g/mol. The number of benzene rings is 2. The topological polar surface area (TPSA) is 73.6 Å². The van der Waals surface area contributed by atoms with E-state index in [0.29, 0.717) is 0 Å². The van der Waals surface area contributed by atoms with E-state index in [4.69, 9.17) is 9.47 Å². The van der Waals surface area contributed by atoms with Gasteiger partial charge in [-0.15, -0.1) is 0 Å². The van der Waals surface area contributed by atoms with Gasteiger partial charge in [-0.3, -0.25) is 10.1 Å². The van der Waals surface area contributed by atoms with Crippen molar-refractivity contribution in [2.45, 2.75) is 18.4 Å². The Morgan fingerprint density at radius 3 is 2.69 bits per heavy atom.